The summed E-state index contributed by atoms with van der Waals surface area (Å²) in [6, 6.07) is 17.8. The van der Waals surface area contributed by atoms with Gasteiger partial charge in [-0.1, -0.05) is 30.3 Å². The number of hydrogen-bond donors (Lipinski definition) is 2. The molecule has 8 heteroatoms. The number of hydrogen-bond acceptors (Lipinski definition) is 6. The van der Waals surface area contributed by atoms with Crippen molar-refractivity contribution in [2.24, 2.45) is 0 Å². The number of rotatable bonds is 8. The van der Waals surface area contributed by atoms with Crippen molar-refractivity contribution >= 4 is 12.2 Å². The van der Waals surface area contributed by atoms with Crippen molar-refractivity contribution in [3.8, 4) is 22.9 Å². The first-order chi connectivity index (χ1) is 15.2. The van der Waals surface area contributed by atoms with Crippen LogP contribution in [0.4, 0.5) is 0 Å². The maximum atomic E-state index is 6.01. The van der Waals surface area contributed by atoms with Gasteiger partial charge in [-0.3, -0.25) is 4.98 Å². The van der Waals surface area contributed by atoms with Gasteiger partial charge in [0.1, 0.15) is 6.61 Å². The minimum Gasteiger partial charge on any atom is -0.493 e. The van der Waals surface area contributed by atoms with Crippen molar-refractivity contribution in [1.29, 1.82) is 0 Å². The van der Waals surface area contributed by atoms with Crippen LogP contribution in [0.5, 0.6) is 11.5 Å². The zero-order valence-corrected chi connectivity index (χ0v) is 18.1. The normalized spacial score (nSPS) is 10.6. The van der Waals surface area contributed by atoms with Crippen LogP contribution in [0.1, 0.15) is 16.7 Å². The van der Waals surface area contributed by atoms with Gasteiger partial charge in [-0.25, -0.2) is 9.77 Å². The number of nitrogens with zero attached hydrogens (tertiary/aromatic N) is 3. The average molecular weight is 434 g/mol. The first kappa shape index (κ1) is 20.6. The van der Waals surface area contributed by atoms with Gasteiger partial charge in [0.05, 0.1) is 13.7 Å². The quantitative estimate of drug-likeness (QED) is 0.394. The number of pyridine rings is 1. The molecular weight excluding hydrogens is 410 g/mol. The Morgan fingerprint density at radius 3 is 2.65 bits per heavy atom. The molecule has 2 heterocycles. The summed E-state index contributed by atoms with van der Waals surface area (Å²) in [6.45, 7) is 3.09. The zero-order chi connectivity index (χ0) is 21.6. The van der Waals surface area contributed by atoms with Gasteiger partial charge in [-0.15, -0.1) is 0 Å². The summed E-state index contributed by atoms with van der Waals surface area (Å²) in [7, 11) is 1.64. The van der Waals surface area contributed by atoms with E-state index in [0.29, 0.717) is 35.2 Å². The van der Waals surface area contributed by atoms with Gasteiger partial charge in [0.15, 0.2) is 17.3 Å². The van der Waals surface area contributed by atoms with E-state index in [2.05, 4.69) is 39.7 Å². The number of aryl methyl sites for hydroxylation is 1. The molecule has 0 saturated heterocycles. The van der Waals surface area contributed by atoms with E-state index in [4.69, 9.17) is 21.7 Å². The molecular formula is C23H23N5O2S. The number of aromatic nitrogens is 4. The van der Waals surface area contributed by atoms with Gasteiger partial charge in [0, 0.05) is 18.0 Å². The fourth-order valence-corrected chi connectivity index (χ4v) is 3.37. The van der Waals surface area contributed by atoms with Crippen molar-refractivity contribution in [1.82, 2.24) is 19.9 Å². The molecule has 0 fully saturated rings. The molecule has 0 aliphatic carbocycles. The van der Waals surface area contributed by atoms with Gasteiger partial charge in [-0.2, -0.15) is 5.10 Å². The lowest BCUT2D eigenvalue weighted by Gasteiger charge is -2.14. The van der Waals surface area contributed by atoms with Gasteiger partial charge >= 0.3 is 0 Å². The molecule has 158 valence electrons. The molecule has 0 aliphatic heterocycles. The highest BCUT2D eigenvalue weighted by molar-refractivity contribution is 7.71. The minimum absolute atomic E-state index is 0.483. The monoisotopic (exact) mass is 433 g/mol. The van der Waals surface area contributed by atoms with Crippen LogP contribution in [0.2, 0.25) is 0 Å². The van der Waals surface area contributed by atoms with Crippen molar-refractivity contribution in [2.45, 2.75) is 20.1 Å². The fourth-order valence-electron chi connectivity index (χ4n) is 3.18. The Balaban J connectivity index is 1.48. The second-order valence-corrected chi connectivity index (χ2v) is 7.35. The van der Waals surface area contributed by atoms with E-state index in [1.165, 1.54) is 5.56 Å². The molecule has 2 N–H and O–H groups in total. The second-order valence-electron chi connectivity index (χ2n) is 6.96. The number of benzene rings is 2. The van der Waals surface area contributed by atoms with Gasteiger partial charge in [-0.05, 0) is 60.1 Å². The number of nitrogens with one attached hydrogen (secondary N) is 2. The summed E-state index contributed by atoms with van der Waals surface area (Å²) in [5.41, 5.74) is 7.59. The summed E-state index contributed by atoms with van der Waals surface area (Å²) < 4.78 is 13.8. The number of aromatic amines is 1. The van der Waals surface area contributed by atoms with Crippen molar-refractivity contribution in [3.63, 3.8) is 0 Å². The van der Waals surface area contributed by atoms with Gasteiger partial charge in [0.25, 0.3) is 0 Å². The van der Waals surface area contributed by atoms with E-state index >= 15 is 0 Å². The highest BCUT2D eigenvalue weighted by Crippen LogP contribution is 2.29. The van der Waals surface area contributed by atoms with Crippen molar-refractivity contribution in [3.05, 3.63) is 88.5 Å². The molecule has 2 aromatic carbocycles. The molecule has 0 unspecified atom stereocenters. The van der Waals surface area contributed by atoms with Crippen LogP contribution in [0.15, 0.2) is 67.0 Å². The van der Waals surface area contributed by atoms with E-state index in [1.807, 2.05) is 42.5 Å². The first-order valence-electron chi connectivity index (χ1n) is 9.81. The summed E-state index contributed by atoms with van der Waals surface area (Å²) >= 11 is 5.37. The third-order valence-electron chi connectivity index (χ3n) is 4.92. The molecule has 0 atom stereocenters. The maximum absolute atomic E-state index is 6.01. The van der Waals surface area contributed by atoms with E-state index in [0.717, 1.165) is 16.7 Å². The zero-order valence-electron chi connectivity index (χ0n) is 17.3. The van der Waals surface area contributed by atoms with Crippen LogP contribution in [-0.4, -0.2) is 27.0 Å². The smallest absolute Gasteiger partial charge is 0.214 e. The Morgan fingerprint density at radius 2 is 1.87 bits per heavy atom. The lowest BCUT2D eigenvalue weighted by molar-refractivity contribution is 0.283. The van der Waals surface area contributed by atoms with Gasteiger partial charge < -0.3 is 14.9 Å². The van der Waals surface area contributed by atoms with Crippen LogP contribution < -0.4 is 14.9 Å². The predicted octanol–water partition coefficient (Wildman–Crippen LogP) is 4.64. The molecule has 31 heavy (non-hydrogen) atoms. The molecule has 0 radical (unpaired) electrons. The van der Waals surface area contributed by atoms with Crippen LogP contribution in [0.25, 0.3) is 11.4 Å². The predicted molar refractivity (Wildman–Crippen MR) is 122 cm³/mol. The third-order valence-corrected chi connectivity index (χ3v) is 5.20. The van der Waals surface area contributed by atoms with E-state index in [1.54, 1.807) is 24.2 Å². The van der Waals surface area contributed by atoms with Crippen molar-refractivity contribution in [2.75, 3.05) is 12.5 Å². The number of methoxy groups -OCH3 is 1. The first-order valence-corrected chi connectivity index (χ1v) is 10.2. The third kappa shape index (κ3) is 4.75. The Morgan fingerprint density at radius 1 is 1.06 bits per heavy atom. The van der Waals surface area contributed by atoms with Crippen LogP contribution >= 0.6 is 12.2 Å². The molecule has 0 saturated carbocycles. The van der Waals surface area contributed by atoms with Crippen LogP contribution in [0.3, 0.4) is 0 Å². The average Bonchev–Trinajstić information content (AvgIpc) is 3.18. The van der Waals surface area contributed by atoms with E-state index < -0.39 is 0 Å². The van der Waals surface area contributed by atoms with Crippen LogP contribution in [-0.2, 0) is 13.2 Å². The summed E-state index contributed by atoms with van der Waals surface area (Å²) in [5, 5.41) is 7.15. The molecule has 0 spiro atoms. The van der Waals surface area contributed by atoms with Crippen molar-refractivity contribution < 1.29 is 9.47 Å². The maximum Gasteiger partial charge on any atom is 0.214 e. The molecule has 2 aromatic heterocycles. The van der Waals surface area contributed by atoms with Crippen LogP contribution in [0, 0.1) is 11.7 Å². The number of H-pyrrole nitrogens is 1. The lowest BCUT2D eigenvalue weighted by atomic mass is 10.1. The van der Waals surface area contributed by atoms with E-state index in [-0.39, 0.29) is 0 Å². The SMILES string of the molecule is COc1cc(CNn2c(-c3ccncc3)n[nH]c2=S)ccc1OCc1ccccc1C. The topological polar surface area (TPSA) is 77.0 Å². The fraction of sp³-hybridized carbons (Fsp3) is 0.174. The highest BCUT2D eigenvalue weighted by Gasteiger charge is 2.10. The Labute approximate surface area is 185 Å². The van der Waals surface area contributed by atoms with E-state index in [9.17, 15) is 0 Å². The Kier molecular flexibility index (Phi) is 6.28. The lowest BCUT2D eigenvalue weighted by Crippen LogP contribution is -2.16. The Bertz CT molecular complexity index is 1220. The number of ether oxygens (including phenoxy) is 2. The summed E-state index contributed by atoms with van der Waals surface area (Å²) in [4.78, 5) is 4.05. The Hall–Kier alpha value is -3.65. The summed E-state index contributed by atoms with van der Waals surface area (Å²) in [5.74, 6) is 2.07. The molecule has 0 bridgehead atoms. The molecule has 7 nitrogen and oxygen atoms in total. The molecule has 4 aromatic rings. The second kappa shape index (κ2) is 9.44. The van der Waals surface area contributed by atoms with Gasteiger partial charge in [0.2, 0.25) is 4.77 Å². The molecule has 0 aliphatic rings. The summed E-state index contributed by atoms with van der Waals surface area (Å²) in [6.07, 6.45) is 3.44. The molecule has 4 rings (SSSR count). The minimum atomic E-state index is 0.483. The largest absolute Gasteiger partial charge is 0.493 e. The molecule has 0 amide bonds. The standard InChI is InChI=1S/C23H23N5O2S/c1-16-5-3-4-6-19(16)15-30-20-8-7-17(13-21(20)29-2)14-25-28-22(26-27-23(28)31)18-9-11-24-12-10-18/h3-13,25H,14-15H2,1-2H3,(H,27,31). The highest BCUT2D eigenvalue weighted by atomic mass is 32.1.